The summed E-state index contributed by atoms with van der Waals surface area (Å²) in [7, 11) is 0. The van der Waals surface area contributed by atoms with Gasteiger partial charge in [-0.05, 0) is 12.0 Å². The maximum atomic E-state index is 12.4. The lowest BCUT2D eigenvalue weighted by atomic mass is 10.1. The summed E-state index contributed by atoms with van der Waals surface area (Å²) >= 11 is 0. The number of ether oxygens (including phenoxy) is 1. The first kappa shape index (κ1) is 19.0. The van der Waals surface area contributed by atoms with Crippen molar-refractivity contribution in [3.8, 4) is 0 Å². The Hall–Kier alpha value is -2.75. The fourth-order valence-electron chi connectivity index (χ4n) is 2.97. The number of nitrogens with one attached hydrogen (secondary N) is 1. The number of anilines is 1. The van der Waals surface area contributed by atoms with Crippen molar-refractivity contribution in [2.24, 2.45) is 0 Å². The maximum Gasteiger partial charge on any atom is 0.351 e. The fourth-order valence-corrected chi connectivity index (χ4v) is 2.97. The molecule has 9 heteroatoms. The van der Waals surface area contributed by atoms with Gasteiger partial charge in [0.15, 0.2) is 0 Å². The SMILES string of the molecule is Nc1nc(=O)n([C@H]2C[C@H](O)[C@@H](CO)O2)cc1C(=O)NCCc1ccccc1. The maximum absolute atomic E-state index is 12.4. The summed E-state index contributed by atoms with van der Waals surface area (Å²) in [4.78, 5) is 28.2. The van der Waals surface area contributed by atoms with E-state index in [9.17, 15) is 19.8 Å². The molecule has 1 aliphatic heterocycles. The van der Waals surface area contributed by atoms with Crippen molar-refractivity contribution in [1.29, 1.82) is 0 Å². The molecular formula is C18H22N4O5. The Morgan fingerprint density at radius 3 is 2.78 bits per heavy atom. The van der Waals surface area contributed by atoms with Crippen molar-refractivity contribution in [3.63, 3.8) is 0 Å². The number of hydrogen-bond donors (Lipinski definition) is 4. The van der Waals surface area contributed by atoms with Gasteiger partial charge in [-0.25, -0.2) is 4.79 Å². The van der Waals surface area contributed by atoms with E-state index >= 15 is 0 Å². The minimum atomic E-state index is -0.910. The van der Waals surface area contributed by atoms with E-state index in [1.165, 1.54) is 6.20 Å². The zero-order valence-corrected chi connectivity index (χ0v) is 14.6. The van der Waals surface area contributed by atoms with Crippen molar-refractivity contribution in [1.82, 2.24) is 14.9 Å². The summed E-state index contributed by atoms with van der Waals surface area (Å²) in [5, 5.41) is 21.8. The summed E-state index contributed by atoms with van der Waals surface area (Å²) < 4.78 is 6.57. The van der Waals surface area contributed by atoms with Gasteiger partial charge in [-0.1, -0.05) is 30.3 Å². The number of hydrogen-bond acceptors (Lipinski definition) is 7. The van der Waals surface area contributed by atoms with Gasteiger partial charge in [-0.15, -0.1) is 0 Å². The van der Waals surface area contributed by atoms with Crippen LogP contribution in [0.3, 0.4) is 0 Å². The number of carbonyl (C=O) groups is 1. The highest BCUT2D eigenvalue weighted by Gasteiger charge is 2.35. The van der Waals surface area contributed by atoms with Crippen LogP contribution in [0.5, 0.6) is 0 Å². The summed E-state index contributed by atoms with van der Waals surface area (Å²) in [5.41, 5.74) is 6.18. The molecule has 1 amide bonds. The minimum absolute atomic E-state index is 0.0493. The van der Waals surface area contributed by atoms with Crippen LogP contribution in [-0.4, -0.2) is 51.0 Å². The highest BCUT2D eigenvalue weighted by atomic mass is 16.5. The summed E-state index contributed by atoms with van der Waals surface area (Å²) in [6, 6.07) is 9.68. The van der Waals surface area contributed by atoms with Crippen molar-refractivity contribution in [2.45, 2.75) is 31.3 Å². The highest BCUT2D eigenvalue weighted by Crippen LogP contribution is 2.27. The summed E-state index contributed by atoms with van der Waals surface area (Å²) in [6.45, 7) is 0.0221. The molecule has 27 heavy (non-hydrogen) atoms. The third-order valence-electron chi connectivity index (χ3n) is 4.46. The normalized spacial score (nSPS) is 21.9. The predicted molar refractivity (Wildman–Crippen MR) is 97.0 cm³/mol. The molecule has 3 atom stereocenters. The molecule has 0 radical (unpaired) electrons. The van der Waals surface area contributed by atoms with Crippen LogP contribution in [0.2, 0.25) is 0 Å². The lowest BCUT2D eigenvalue weighted by Crippen LogP contribution is -2.33. The van der Waals surface area contributed by atoms with Gasteiger partial charge < -0.3 is 26.0 Å². The molecule has 0 saturated carbocycles. The second-order valence-corrected chi connectivity index (χ2v) is 6.34. The number of amides is 1. The molecule has 2 aromatic rings. The molecule has 0 aliphatic carbocycles. The first-order chi connectivity index (χ1) is 13.0. The number of aromatic nitrogens is 2. The first-order valence-electron chi connectivity index (χ1n) is 8.64. The zero-order chi connectivity index (χ0) is 19.4. The van der Waals surface area contributed by atoms with Crippen LogP contribution in [0.1, 0.15) is 28.6 Å². The van der Waals surface area contributed by atoms with E-state index in [0.29, 0.717) is 13.0 Å². The van der Waals surface area contributed by atoms with Crippen LogP contribution in [0.25, 0.3) is 0 Å². The number of nitrogens with zero attached hydrogens (tertiary/aromatic N) is 2. The third kappa shape index (κ3) is 4.33. The Kier molecular flexibility index (Phi) is 5.84. The molecule has 1 saturated heterocycles. The molecule has 0 bridgehead atoms. The second kappa shape index (κ2) is 8.30. The fraction of sp³-hybridized carbons (Fsp3) is 0.389. The number of aliphatic hydroxyl groups excluding tert-OH is 2. The van der Waals surface area contributed by atoms with Crippen LogP contribution >= 0.6 is 0 Å². The number of nitrogen functional groups attached to an aromatic ring is 1. The van der Waals surface area contributed by atoms with Crippen molar-refractivity contribution >= 4 is 11.7 Å². The van der Waals surface area contributed by atoms with E-state index in [2.05, 4.69) is 10.3 Å². The van der Waals surface area contributed by atoms with E-state index in [0.717, 1.165) is 10.1 Å². The van der Waals surface area contributed by atoms with Crippen LogP contribution < -0.4 is 16.7 Å². The number of carbonyl (C=O) groups excluding carboxylic acids is 1. The molecular weight excluding hydrogens is 352 g/mol. The van der Waals surface area contributed by atoms with Gasteiger partial charge >= 0.3 is 5.69 Å². The quantitative estimate of drug-likeness (QED) is 0.531. The molecule has 0 spiro atoms. The zero-order valence-electron chi connectivity index (χ0n) is 14.6. The highest BCUT2D eigenvalue weighted by molar-refractivity contribution is 5.97. The largest absolute Gasteiger partial charge is 0.394 e. The summed E-state index contributed by atoms with van der Waals surface area (Å²) in [6.07, 6.45) is -0.495. The molecule has 0 unspecified atom stereocenters. The minimum Gasteiger partial charge on any atom is -0.394 e. The van der Waals surface area contributed by atoms with Crippen LogP contribution in [0.4, 0.5) is 5.82 Å². The first-order valence-corrected chi connectivity index (χ1v) is 8.64. The second-order valence-electron chi connectivity index (χ2n) is 6.34. The van der Waals surface area contributed by atoms with Crippen molar-refractivity contribution in [2.75, 3.05) is 18.9 Å². The molecule has 9 nitrogen and oxygen atoms in total. The van der Waals surface area contributed by atoms with Gasteiger partial charge in [0.2, 0.25) is 0 Å². The van der Waals surface area contributed by atoms with Gasteiger partial charge in [-0.3, -0.25) is 9.36 Å². The number of aliphatic hydroxyl groups is 2. The average Bonchev–Trinajstić information content (AvgIpc) is 3.03. The van der Waals surface area contributed by atoms with E-state index in [1.807, 2.05) is 30.3 Å². The Bertz CT molecular complexity index is 855. The molecule has 3 rings (SSSR count). The molecule has 2 heterocycles. The van der Waals surface area contributed by atoms with Crippen LogP contribution in [-0.2, 0) is 11.2 Å². The van der Waals surface area contributed by atoms with Gasteiger partial charge in [-0.2, -0.15) is 4.98 Å². The number of rotatable bonds is 6. The standard InChI is InChI=1S/C18H22N4O5/c19-16-12(17(25)20-7-6-11-4-2-1-3-5-11)9-22(18(26)21-16)15-8-13(24)14(10-23)27-15/h1-5,9,13-15,23-24H,6-8,10H2,(H,20,25)(H2,19,21,26)/t13-,14+,15+/m0/s1. The molecule has 1 fully saturated rings. The Balaban J connectivity index is 1.71. The van der Waals surface area contributed by atoms with Crippen LogP contribution in [0, 0.1) is 0 Å². The molecule has 1 aromatic carbocycles. The van der Waals surface area contributed by atoms with E-state index < -0.39 is 30.0 Å². The van der Waals surface area contributed by atoms with E-state index in [4.69, 9.17) is 10.5 Å². The summed E-state index contributed by atoms with van der Waals surface area (Å²) in [5.74, 6) is -0.632. The third-order valence-corrected chi connectivity index (χ3v) is 4.46. The van der Waals surface area contributed by atoms with Gasteiger partial charge in [0.25, 0.3) is 5.91 Å². The van der Waals surface area contributed by atoms with E-state index in [-0.39, 0.29) is 24.4 Å². The van der Waals surface area contributed by atoms with Gasteiger partial charge in [0, 0.05) is 19.2 Å². The molecule has 144 valence electrons. The molecule has 1 aromatic heterocycles. The molecule has 1 aliphatic rings. The Labute approximate surface area is 155 Å². The average molecular weight is 374 g/mol. The predicted octanol–water partition coefficient (Wildman–Crippen LogP) is -0.561. The van der Waals surface area contributed by atoms with Crippen molar-refractivity contribution < 1.29 is 19.7 Å². The smallest absolute Gasteiger partial charge is 0.351 e. The van der Waals surface area contributed by atoms with Gasteiger partial charge in [0.05, 0.1) is 18.3 Å². The Morgan fingerprint density at radius 2 is 2.11 bits per heavy atom. The monoisotopic (exact) mass is 374 g/mol. The number of nitrogens with two attached hydrogens (primary N) is 1. The lowest BCUT2D eigenvalue weighted by molar-refractivity contribution is -0.0459. The van der Waals surface area contributed by atoms with Crippen LogP contribution in [0.15, 0.2) is 41.3 Å². The lowest BCUT2D eigenvalue weighted by Gasteiger charge is -2.16. The van der Waals surface area contributed by atoms with Gasteiger partial charge in [0.1, 0.15) is 18.1 Å². The van der Waals surface area contributed by atoms with E-state index in [1.54, 1.807) is 0 Å². The Morgan fingerprint density at radius 1 is 1.37 bits per heavy atom. The number of benzene rings is 1. The van der Waals surface area contributed by atoms with Crippen molar-refractivity contribution in [3.05, 3.63) is 58.1 Å². The molecule has 5 N–H and O–H groups in total. The topological polar surface area (TPSA) is 140 Å².